The normalized spacial score (nSPS) is 12.8. The van der Waals surface area contributed by atoms with E-state index < -0.39 is 38.8 Å². The number of hydrogen-bond donors (Lipinski definition) is 2. The van der Waals surface area contributed by atoms with Crippen molar-refractivity contribution in [2.75, 3.05) is 5.75 Å². The summed E-state index contributed by atoms with van der Waals surface area (Å²) < 4.78 is 25.2. The Hall–Kier alpha value is -1.89. The third-order valence-corrected chi connectivity index (χ3v) is 6.41. The molecule has 1 amide bonds. The van der Waals surface area contributed by atoms with Crippen LogP contribution in [0.1, 0.15) is 55.5 Å². The van der Waals surface area contributed by atoms with Gasteiger partial charge in [0.15, 0.2) is 9.84 Å². The number of carbonyl (C=O) groups is 2. The lowest BCUT2D eigenvalue weighted by Gasteiger charge is -2.20. The van der Waals surface area contributed by atoms with Gasteiger partial charge < -0.3 is 10.4 Å². The maximum atomic E-state index is 12.6. The second-order valence-electron chi connectivity index (χ2n) is 6.21. The van der Waals surface area contributed by atoms with Gasteiger partial charge in [-0.05, 0) is 31.4 Å². The third kappa shape index (κ3) is 6.16. The van der Waals surface area contributed by atoms with Crippen molar-refractivity contribution < 1.29 is 23.1 Å². The lowest BCUT2D eigenvalue weighted by atomic mass is 10.1. The number of aliphatic carboxylic acids is 1. The molecular weight excluding hydrogens is 342 g/mol. The number of amides is 1. The zero-order valence-electron chi connectivity index (χ0n) is 15.0. The van der Waals surface area contributed by atoms with Crippen LogP contribution in [0.15, 0.2) is 24.3 Å². The molecule has 140 valence electrons. The summed E-state index contributed by atoms with van der Waals surface area (Å²) in [6.45, 7) is 5.53. The molecule has 0 aliphatic carbocycles. The van der Waals surface area contributed by atoms with E-state index in [1.54, 1.807) is 31.2 Å². The topological polar surface area (TPSA) is 101 Å². The van der Waals surface area contributed by atoms with Crippen molar-refractivity contribution in [1.29, 1.82) is 0 Å². The van der Waals surface area contributed by atoms with Gasteiger partial charge in [0.05, 0.1) is 11.0 Å². The fourth-order valence-corrected chi connectivity index (χ4v) is 4.91. The van der Waals surface area contributed by atoms with Crippen LogP contribution in [0.2, 0.25) is 0 Å². The molecule has 0 spiro atoms. The van der Waals surface area contributed by atoms with Crippen LogP contribution in [0.25, 0.3) is 0 Å². The van der Waals surface area contributed by atoms with Crippen molar-refractivity contribution in [3.8, 4) is 0 Å². The Labute approximate surface area is 149 Å². The van der Waals surface area contributed by atoms with Crippen LogP contribution in [0.3, 0.4) is 0 Å². The van der Waals surface area contributed by atoms with Gasteiger partial charge in [0, 0.05) is 5.56 Å². The summed E-state index contributed by atoms with van der Waals surface area (Å²) in [4.78, 5) is 23.8. The van der Waals surface area contributed by atoms with Gasteiger partial charge in [0.1, 0.15) is 6.04 Å². The number of benzene rings is 1. The second kappa shape index (κ2) is 9.56. The van der Waals surface area contributed by atoms with Crippen LogP contribution in [0.4, 0.5) is 0 Å². The molecular formula is C18H27NO5S. The van der Waals surface area contributed by atoms with Crippen LogP contribution in [-0.2, 0) is 14.6 Å². The first-order valence-corrected chi connectivity index (χ1v) is 10.2. The lowest BCUT2D eigenvalue weighted by molar-refractivity contribution is -0.138. The molecule has 0 heterocycles. The third-order valence-electron chi connectivity index (χ3n) is 4.12. The molecule has 2 N–H and O–H groups in total. The van der Waals surface area contributed by atoms with Crippen LogP contribution in [0, 0.1) is 6.92 Å². The largest absolute Gasteiger partial charge is 0.480 e. The summed E-state index contributed by atoms with van der Waals surface area (Å²) in [5.74, 6) is -2.52. The second-order valence-corrected chi connectivity index (χ2v) is 8.53. The number of sulfone groups is 1. The first-order valence-electron chi connectivity index (χ1n) is 8.53. The minimum atomic E-state index is -3.62. The molecule has 7 heteroatoms. The van der Waals surface area contributed by atoms with Crippen molar-refractivity contribution in [1.82, 2.24) is 5.32 Å². The molecule has 6 nitrogen and oxygen atoms in total. The highest BCUT2D eigenvalue weighted by Crippen LogP contribution is 2.17. The summed E-state index contributed by atoms with van der Waals surface area (Å²) in [5.41, 5.74) is 1.03. The smallest absolute Gasteiger partial charge is 0.327 e. The molecule has 0 saturated heterocycles. The molecule has 1 aromatic rings. The summed E-state index contributed by atoms with van der Waals surface area (Å²) in [6.07, 6.45) is 2.40. The van der Waals surface area contributed by atoms with E-state index in [2.05, 4.69) is 5.32 Å². The van der Waals surface area contributed by atoms with Crippen molar-refractivity contribution in [2.45, 2.75) is 57.7 Å². The number of carbonyl (C=O) groups excluding carboxylic acids is 1. The highest BCUT2D eigenvalue weighted by Gasteiger charge is 2.32. The molecule has 0 bridgehead atoms. The van der Waals surface area contributed by atoms with E-state index in [4.69, 9.17) is 0 Å². The van der Waals surface area contributed by atoms with Gasteiger partial charge in [-0.25, -0.2) is 13.2 Å². The molecule has 0 saturated carbocycles. The molecule has 1 aromatic carbocycles. The SMILES string of the molecule is CCCC(CCC)S(=O)(=O)C[C@H](NC(=O)c1ccccc1C)C(=O)O. The summed E-state index contributed by atoms with van der Waals surface area (Å²) in [5, 5.41) is 11.1. The van der Waals surface area contributed by atoms with Gasteiger partial charge in [-0.1, -0.05) is 44.9 Å². The first kappa shape index (κ1) is 21.2. The van der Waals surface area contributed by atoms with Crippen molar-refractivity contribution in [3.63, 3.8) is 0 Å². The van der Waals surface area contributed by atoms with Gasteiger partial charge in [0.25, 0.3) is 5.91 Å². The van der Waals surface area contributed by atoms with E-state index in [-0.39, 0.29) is 0 Å². The Kier molecular flexibility index (Phi) is 8.09. The Bertz CT molecular complexity index is 693. The quantitative estimate of drug-likeness (QED) is 0.660. The maximum Gasteiger partial charge on any atom is 0.327 e. The van der Waals surface area contributed by atoms with Gasteiger partial charge >= 0.3 is 5.97 Å². The summed E-state index contributed by atoms with van der Waals surface area (Å²) in [6, 6.07) is 5.29. The fraction of sp³-hybridized carbons (Fsp3) is 0.556. The van der Waals surface area contributed by atoms with Gasteiger partial charge in [0.2, 0.25) is 0 Å². The summed E-state index contributed by atoms with van der Waals surface area (Å²) >= 11 is 0. The number of nitrogens with one attached hydrogen (secondary N) is 1. The standard InChI is InChI=1S/C18H27NO5S/c1-4-8-14(9-5-2)25(23,24)12-16(18(21)22)19-17(20)15-11-7-6-10-13(15)3/h6-7,10-11,14,16H,4-5,8-9,12H2,1-3H3,(H,19,20)(H,21,22)/t16-/m0/s1. The van der Waals surface area contributed by atoms with E-state index in [0.717, 1.165) is 0 Å². The Morgan fingerprint density at radius 2 is 1.68 bits per heavy atom. The van der Waals surface area contributed by atoms with E-state index >= 15 is 0 Å². The lowest BCUT2D eigenvalue weighted by Crippen LogP contribution is -2.47. The number of carboxylic acids is 1. The van der Waals surface area contributed by atoms with Crippen LogP contribution < -0.4 is 5.32 Å². The minimum absolute atomic E-state index is 0.338. The molecule has 0 aliphatic rings. The molecule has 0 unspecified atom stereocenters. The minimum Gasteiger partial charge on any atom is -0.480 e. The number of rotatable bonds is 10. The molecule has 0 fully saturated rings. The fourth-order valence-electron chi connectivity index (χ4n) is 2.75. The number of hydrogen-bond acceptors (Lipinski definition) is 4. The molecule has 0 aromatic heterocycles. The predicted octanol–water partition coefficient (Wildman–Crippen LogP) is 2.56. The zero-order chi connectivity index (χ0) is 19.0. The van der Waals surface area contributed by atoms with Gasteiger partial charge in [-0.3, -0.25) is 4.79 Å². The summed E-state index contributed by atoms with van der Waals surface area (Å²) in [7, 11) is -3.62. The number of carboxylic acid groups (broad SMARTS) is 1. The van der Waals surface area contributed by atoms with E-state index in [1.807, 2.05) is 13.8 Å². The van der Waals surface area contributed by atoms with Crippen LogP contribution >= 0.6 is 0 Å². The monoisotopic (exact) mass is 369 g/mol. The Morgan fingerprint density at radius 3 is 2.16 bits per heavy atom. The van der Waals surface area contributed by atoms with Crippen molar-refractivity contribution in [3.05, 3.63) is 35.4 Å². The highest BCUT2D eigenvalue weighted by molar-refractivity contribution is 7.92. The molecule has 25 heavy (non-hydrogen) atoms. The van der Waals surface area contributed by atoms with E-state index in [1.165, 1.54) is 0 Å². The molecule has 1 atom stereocenters. The highest BCUT2D eigenvalue weighted by atomic mass is 32.2. The average molecular weight is 369 g/mol. The Balaban J connectivity index is 2.95. The van der Waals surface area contributed by atoms with Crippen molar-refractivity contribution >= 4 is 21.7 Å². The zero-order valence-corrected chi connectivity index (χ0v) is 15.8. The average Bonchev–Trinajstić information content (AvgIpc) is 2.54. The number of aryl methyl sites for hydroxylation is 1. The van der Waals surface area contributed by atoms with E-state index in [9.17, 15) is 23.1 Å². The van der Waals surface area contributed by atoms with Gasteiger partial charge in [-0.15, -0.1) is 0 Å². The molecule has 1 rings (SSSR count). The van der Waals surface area contributed by atoms with Crippen LogP contribution in [-0.4, -0.2) is 42.4 Å². The maximum absolute atomic E-state index is 12.6. The molecule has 0 radical (unpaired) electrons. The predicted molar refractivity (Wildman–Crippen MR) is 97.5 cm³/mol. The Morgan fingerprint density at radius 1 is 1.12 bits per heavy atom. The first-order chi connectivity index (χ1) is 11.7. The van der Waals surface area contributed by atoms with Crippen LogP contribution in [0.5, 0.6) is 0 Å². The van der Waals surface area contributed by atoms with E-state index in [0.29, 0.717) is 36.8 Å². The van der Waals surface area contributed by atoms with Crippen molar-refractivity contribution in [2.24, 2.45) is 0 Å². The molecule has 0 aliphatic heterocycles. The van der Waals surface area contributed by atoms with Gasteiger partial charge in [-0.2, -0.15) is 0 Å².